The van der Waals surface area contributed by atoms with Crippen LogP contribution in [0, 0.1) is 6.92 Å². The molecule has 1 N–H and O–H groups in total. The average molecular weight is 751 g/mol. The van der Waals surface area contributed by atoms with Gasteiger partial charge in [-0.15, -0.1) is 11.3 Å². The Morgan fingerprint density at radius 3 is 2.07 bits per heavy atom. The first-order chi connectivity index (χ1) is 27.6. The van der Waals surface area contributed by atoms with Crippen molar-refractivity contribution in [3.05, 3.63) is 150 Å². The van der Waals surface area contributed by atoms with Crippen LogP contribution in [0.15, 0.2) is 133 Å². The maximum atomic E-state index is 4.15. The molecule has 4 heteroatoms. The van der Waals surface area contributed by atoms with Crippen LogP contribution >= 0.6 is 11.3 Å². The van der Waals surface area contributed by atoms with Gasteiger partial charge in [0.25, 0.3) is 0 Å². The number of anilines is 2. The maximum Gasteiger partial charge on any atom is 0.198 e. The lowest BCUT2D eigenvalue weighted by molar-refractivity contribution is 0.332. The first-order valence-electron chi connectivity index (χ1n) is 20.5. The molecule has 0 saturated carbocycles. The second-order valence-electron chi connectivity index (χ2n) is 18.1. The Morgan fingerprint density at radius 2 is 1.26 bits per heavy atom. The van der Waals surface area contributed by atoms with Gasteiger partial charge in [-0.3, -0.25) is 0 Å². The summed E-state index contributed by atoms with van der Waals surface area (Å²) in [5.41, 5.74) is 16.2. The molecule has 12 rings (SSSR count). The molecular formula is C53H43BN2S. The molecule has 2 aliphatic rings. The van der Waals surface area contributed by atoms with E-state index >= 15 is 0 Å². The fourth-order valence-electron chi connectivity index (χ4n) is 10.6. The first-order valence-corrected chi connectivity index (χ1v) is 21.3. The molecular weight excluding hydrogens is 707 g/mol. The highest BCUT2D eigenvalue weighted by atomic mass is 32.1. The molecule has 0 bridgehead atoms. The van der Waals surface area contributed by atoms with E-state index in [4.69, 9.17) is 0 Å². The molecule has 0 radical (unpaired) electrons. The number of rotatable bonds is 3. The fourth-order valence-corrected chi connectivity index (χ4v) is 11.8. The minimum absolute atomic E-state index is 0.117. The molecule has 0 atom stereocenters. The standard InChI is InChI=1S/C53H43BN2S/c1-30-25-39-40(53(4,5)24-23-52(39,2)3)29-43(30)55-42-22-21-37-35-17-10-11-20-46(35)57-51(37)48(42)47-34-16-9-8-15-33(34)28-45-49(47)54-41-19-12-18-36-38-26-31-13-6-7-14-32(31)27-44(38)56(45)50(36)41/h6-22,25-29,54-55H,23-24H2,1-5H3. The van der Waals surface area contributed by atoms with Crippen LogP contribution in [0.1, 0.15) is 57.2 Å². The zero-order valence-electron chi connectivity index (χ0n) is 33.2. The van der Waals surface area contributed by atoms with Crippen LogP contribution in [0.3, 0.4) is 0 Å². The zero-order valence-corrected chi connectivity index (χ0v) is 34.0. The highest BCUT2D eigenvalue weighted by Gasteiger charge is 2.38. The summed E-state index contributed by atoms with van der Waals surface area (Å²) < 4.78 is 5.25. The maximum absolute atomic E-state index is 4.15. The van der Waals surface area contributed by atoms with Gasteiger partial charge in [0, 0.05) is 59.1 Å². The van der Waals surface area contributed by atoms with Crippen LogP contribution in [0.25, 0.3) is 80.3 Å². The Morgan fingerprint density at radius 1 is 0.579 bits per heavy atom. The number of para-hydroxylation sites is 1. The molecule has 3 heterocycles. The van der Waals surface area contributed by atoms with Gasteiger partial charge in [-0.05, 0) is 116 Å². The zero-order chi connectivity index (χ0) is 38.4. The number of aryl methyl sites for hydroxylation is 1. The Balaban J connectivity index is 1.19. The molecule has 8 aromatic carbocycles. The summed E-state index contributed by atoms with van der Waals surface area (Å²) >= 11 is 1.93. The summed E-state index contributed by atoms with van der Waals surface area (Å²) in [7, 11) is 0.866. The largest absolute Gasteiger partial charge is 0.355 e. The van der Waals surface area contributed by atoms with E-state index in [0.717, 1.165) is 13.0 Å². The number of nitrogens with zero attached hydrogens (tertiary/aromatic N) is 1. The Hall–Kier alpha value is -5.84. The van der Waals surface area contributed by atoms with Gasteiger partial charge in [0.15, 0.2) is 7.28 Å². The molecule has 10 aromatic rings. The second-order valence-corrected chi connectivity index (χ2v) is 19.1. The van der Waals surface area contributed by atoms with Gasteiger partial charge in [0.2, 0.25) is 0 Å². The predicted octanol–water partition coefficient (Wildman–Crippen LogP) is 13.2. The summed E-state index contributed by atoms with van der Waals surface area (Å²) in [6.45, 7) is 12.0. The van der Waals surface area contributed by atoms with E-state index in [1.54, 1.807) is 0 Å². The number of aromatic nitrogens is 1. The number of thiophene rings is 1. The highest BCUT2D eigenvalue weighted by molar-refractivity contribution is 7.26. The van der Waals surface area contributed by atoms with Crippen LogP contribution in [0.4, 0.5) is 11.4 Å². The number of benzene rings is 8. The second kappa shape index (κ2) is 11.6. The van der Waals surface area contributed by atoms with E-state index < -0.39 is 0 Å². The van der Waals surface area contributed by atoms with Crippen molar-refractivity contribution < 1.29 is 0 Å². The van der Waals surface area contributed by atoms with Gasteiger partial charge in [-0.25, -0.2) is 0 Å². The van der Waals surface area contributed by atoms with E-state index in [0.29, 0.717) is 0 Å². The van der Waals surface area contributed by atoms with Crippen LogP contribution in [-0.2, 0) is 10.8 Å². The Kier molecular flexibility index (Phi) is 6.79. The van der Waals surface area contributed by atoms with Crippen molar-refractivity contribution in [1.29, 1.82) is 0 Å². The third-order valence-electron chi connectivity index (χ3n) is 13.7. The number of nitrogens with one attached hydrogen (secondary N) is 1. The molecule has 57 heavy (non-hydrogen) atoms. The molecule has 2 aromatic heterocycles. The van der Waals surface area contributed by atoms with Crippen molar-refractivity contribution in [3.63, 3.8) is 0 Å². The minimum atomic E-state index is 0.117. The van der Waals surface area contributed by atoms with Gasteiger partial charge < -0.3 is 9.88 Å². The molecule has 0 unspecified atom stereocenters. The van der Waals surface area contributed by atoms with Gasteiger partial charge in [-0.2, -0.15) is 0 Å². The third-order valence-corrected chi connectivity index (χ3v) is 14.9. The molecule has 0 saturated heterocycles. The lowest BCUT2D eigenvalue weighted by Crippen LogP contribution is -2.37. The van der Waals surface area contributed by atoms with E-state index in [2.05, 4.69) is 178 Å². The quantitative estimate of drug-likeness (QED) is 0.178. The Labute approximate surface area is 338 Å². The summed E-state index contributed by atoms with van der Waals surface area (Å²) in [4.78, 5) is 0. The van der Waals surface area contributed by atoms with Crippen LogP contribution in [0.5, 0.6) is 0 Å². The minimum Gasteiger partial charge on any atom is -0.355 e. The topological polar surface area (TPSA) is 17.0 Å². The summed E-state index contributed by atoms with van der Waals surface area (Å²) in [6.07, 6.45) is 2.40. The Bertz CT molecular complexity index is 3380. The number of hydrogen-bond donors (Lipinski definition) is 1. The third kappa shape index (κ3) is 4.71. The lowest BCUT2D eigenvalue weighted by atomic mass is 9.58. The average Bonchev–Trinajstić information content (AvgIpc) is 3.75. The number of fused-ring (bicyclic) bond motifs is 11. The molecule has 1 aliphatic heterocycles. The normalized spacial score (nSPS) is 15.4. The van der Waals surface area contributed by atoms with Gasteiger partial charge >= 0.3 is 0 Å². The summed E-state index contributed by atoms with van der Waals surface area (Å²) in [5, 5.41) is 14.5. The smallest absolute Gasteiger partial charge is 0.198 e. The van der Waals surface area contributed by atoms with Crippen LogP contribution in [-0.4, -0.2) is 11.8 Å². The predicted molar refractivity (Wildman–Crippen MR) is 250 cm³/mol. The van der Waals surface area contributed by atoms with Crippen molar-refractivity contribution in [1.82, 2.24) is 4.57 Å². The summed E-state index contributed by atoms with van der Waals surface area (Å²) in [5.74, 6) is 0. The number of hydrogen-bond acceptors (Lipinski definition) is 2. The van der Waals surface area contributed by atoms with Crippen LogP contribution < -0.4 is 16.2 Å². The molecule has 274 valence electrons. The van der Waals surface area contributed by atoms with Gasteiger partial charge in [0.05, 0.1) is 5.52 Å². The highest BCUT2D eigenvalue weighted by Crippen LogP contribution is 2.50. The van der Waals surface area contributed by atoms with E-state index in [1.165, 1.54) is 126 Å². The van der Waals surface area contributed by atoms with E-state index in [1.807, 2.05) is 11.3 Å². The monoisotopic (exact) mass is 750 g/mol. The van der Waals surface area contributed by atoms with Gasteiger partial charge in [-0.1, -0.05) is 130 Å². The van der Waals surface area contributed by atoms with Crippen molar-refractivity contribution in [3.8, 4) is 16.8 Å². The van der Waals surface area contributed by atoms with Crippen molar-refractivity contribution in [2.75, 3.05) is 5.32 Å². The SMILES string of the molecule is Cc1cc2c(cc1Nc1ccc3c(sc4ccccc43)c1-c1c3c(cc4ccccc14)-n1c4cc5ccccc5cc4c4cccc(c41)B3)C(C)(C)CCC2(C)C. The summed E-state index contributed by atoms with van der Waals surface area (Å²) in [6, 6.07) is 50.8. The molecule has 0 amide bonds. The van der Waals surface area contributed by atoms with E-state index in [-0.39, 0.29) is 10.8 Å². The van der Waals surface area contributed by atoms with Gasteiger partial charge in [0.1, 0.15) is 0 Å². The van der Waals surface area contributed by atoms with Crippen LogP contribution in [0.2, 0.25) is 0 Å². The molecule has 2 nitrogen and oxygen atoms in total. The lowest BCUT2D eigenvalue weighted by Gasteiger charge is -2.42. The van der Waals surface area contributed by atoms with Crippen molar-refractivity contribution in [2.45, 2.75) is 58.3 Å². The molecule has 0 fully saturated rings. The molecule has 0 spiro atoms. The van der Waals surface area contributed by atoms with Crippen molar-refractivity contribution in [2.24, 2.45) is 0 Å². The molecule has 1 aliphatic carbocycles. The fraction of sp³-hybridized carbons (Fsp3) is 0.170. The first kappa shape index (κ1) is 33.3. The van der Waals surface area contributed by atoms with E-state index in [9.17, 15) is 0 Å². The van der Waals surface area contributed by atoms with Crippen molar-refractivity contribution >= 4 is 104 Å².